The van der Waals surface area contributed by atoms with Gasteiger partial charge in [-0.1, -0.05) is 50.0 Å². The average molecular weight is 605 g/mol. The molecule has 0 spiro atoms. The van der Waals surface area contributed by atoms with Crippen LogP contribution in [0.2, 0.25) is 10.0 Å². The number of amides is 2. The van der Waals surface area contributed by atoms with Crippen LogP contribution in [0.15, 0.2) is 48.7 Å². The summed E-state index contributed by atoms with van der Waals surface area (Å²) in [5.41, 5.74) is -0.0381. The summed E-state index contributed by atoms with van der Waals surface area (Å²) in [6, 6.07) is 10.2. The van der Waals surface area contributed by atoms with E-state index in [0.29, 0.717) is 28.0 Å². The molecule has 4 rings (SSSR count). The van der Waals surface area contributed by atoms with Crippen LogP contribution in [0, 0.1) is 5.41 Å². The normalized spacial score (nSPS) is 11.8. The van der Waals surface area contributed by atoms with Crippen molar-refractivity contribution in [2.45, 2.75) is 33.5 Å². The molecular weight excluding hydrogens is 580 g/mol. The monoisotopic (exact) mass is 604 g/mol. The number of carbonyl (C=O) groups excluding carboxylic acids is 2. The van der Waals surface area contributed by atoms with E-state index in [4.69, 9.17) is 23.2 Å². The zero-order chi connectivity index (χ0) is 30.1. The van der Waals surface area contributed by atoms with Gasteiger partial charge in [-0.25, -0.2) is 9.97 Å². The molecule has 0 aliphatic heterocycles. The predicted octanol–water partition coefficient (Wildman–Crippen LogP) is 6.97. The van der Waals surface area contributed by atoms with Crippen molar-refractivity contribution in [2.75, 3.05) is 17.7 Å². The number of alkyl halides is 3. The van der Waals surface area contributed by atoms with Gasteiger partial charge in [0.2, 0.25) is 5.91 Å². The Bertz CT molecular complexity index is 1640. The van der Waals surface area contributed by atoms with Crippen LogP contribution < -0.4 is 16.0 Å². The Kier molecular flexibility index (Phi) is 8.41. The van der Waals surface area contributed by atoms with E-state index in [1.165, 1.54) is 12.1 Å². The Morgan fingerprint density at radius 3 is 2.32 bits per heavy atom. The number of carbonyl (C=O) groups is 2. The average Bonchev–Trinajstić information content (AvgIpc) is 2.90. The smallest absolute Gasteiger partial charge is 0.373 e. The minimum Gasteiger partial charge on any atom is -0.373 e. The van der Waals surface area contributed by atoms with E-state index in [1.807, 2.05) is 0 Å². The Morgan fingerprint density at radius 2 is 1.71 bits per heavy atom. The number of anilines is 2. The van der Waals surface area contributed by atoms with Crippen molar-refractivity contribution in [3.63, 3.8) is 0 Å². The van der Waals surface area contributed by atoms with Crippen LogP contribution in [0.1, 0.15) is 42.4 Å². The van der Waals surface area contributed by atoms with E-state index >= 15 is 0 Å². The summed E-state index contributed by atoms with van der Waals surface area (Å²) in [4.78, 5) is 37.9. The minimum atomic E-state index is -4.57. The molecular formula is C28H25Cl2F3N6O2. The molecule has 41 heavy (non-hydrogen) atoms. The van der Waals surface area contributed by atoms with E-state index in [9.17, 15) is 22.8 Å². The van der Waals surface area contributed by atoms with E-state index in [1.54, 1.807) is 52.1 Å². The van der Waals surface area contributed by atoms with Gasteiger partial charge in [-0.05, 0) is 42.0 Å². The highest BCUT2D eigenvalue weighted by molar-refractivity contribution is 6.40. The molecule has 13 heteroatoms. The molecule has 2 aromatic carbocycles. The van der Waals surface area contributed by atoms with Crippen molar-refractivity contribution in [3.8, 4) is 11.4 Å². The first-order chi connectivity index (χ1) is 19.2. The molecule has 0 aliphatic rings. The maximum atomic E-state index is 13.3. The van der Waals surface area contributed by atoms with Gasteiger partial charge in [-0.15, -0.1) is 0 Å². The fraction of sp³-hybridized carbons (Fsp3) is 0.250. The number of fused-ring (bicyclic) bond motifs is 1. The molecule has 0 unspecified atom stereocenters. The number of nitrogens with zero attached hydrogens (tertiary/aromatic N) is 3. The van der Waals surface area contributed by atoms with Crippen LogP contribution in [0.25, 0.3) is 22.3 Å². The number of hydrogen-bond acceptors (Lipinski definition) is 6. The second kappa shape index (κ2) is 11.5. The van der Waals surface area contributed by atoms with Gasteiger partial charge in [0.25, 0.3) is 5.91 Å². The van der Waals surface area contributed by atoms with Crippen LogP contribution in [0.5, 0.6) is 0 Å². The highest BCUT2D eigenvalue weighted by atomic mass is 35.5. The lowest BCUT2D eigenvalue weighted by atomic mass is 9.95. The zero-order valence-corrected chi connectivity index (χ0v) is 23.9. The van der Waals surface area contributed by atoms with Crippen molar-refractivity contribution >= 4 is 57.4 Å². The van der Waals surface area contributed by atoms with Gasteiger partial charge >= 0.3 is 6.18 Å². The number of pyridine rings is 1. The number of halogens is 5. The molecule has 3 N–H and O–H groups in total. The van der Waals surface area contributed by atoms with Crippen LogP contribution in [0.3, 0.4) is 0 Å². The molecule has 214 valence electrons. The third-order valence-electron chi connectivity index (χ3n) is 6.02. The summed E-state index contributed by atoms with van der Waals surface area (Å²) in [5, 5.41) is 9.33. The summed E-state index contributed by atoms with van der Waals surface area (Å²) in [7, 11) is 1.65. The highest BCUT2D eigenvalue weighted by Gasteiger charge is 2.32. The molecule has 2 amide bonds. The van der Waals surface area contributed by atoms with E-state index in [0.717, 1.165) is 12.3 Å². The largest absolute Gasteiger partial charge is 0.433 e. The minimum absolute atomic E-state index is 0.0334. The van der Waals surface area contributed by atoms with Gasteiger partial charge in [-0.3, -0.25) is 14.6 Å². The van der Waals surface area contributed by atoms with Crippen molar-refractivity contribution in [3.05, 3.63) is 75.5 Å². The fourth-order valence-corrected chi connectivity index (χ4v) is 4.40. The second-order valence-corrected chi connectivity index (χ2v) is 10.9. The maximum absolute atomic E-state index is 13.3. The van der Waals surface area contributed by atoms with Gasteiger partial charge < -0.3 is 16.0 Å². The molecule has 0 radical (unpaired) electrons. The number of nitrogens with one attached hydrogen (secondary N) is 3. The summed E-state index contributed by atoms with van der Waals surface area (Å²) in [6.07, 6.45) is -3.52. The molecule has 0 aliphatic carbocycles. The van der Waals surface area contributed by atoms with E-state index in [2.05, 4.69) is 30.9 Å². The van der Waals surface area contributed by atoms with Gasteiger partial charge in [0, 0.05) is 41.8 Å². The lowest BCUT2D eigenvalue weighted by Gasteiger charge is -2.18. The van der Waals surface area contributed by atoms with Crippen LogP contribution in [-0.4, -0.2) is 33.8 Å². The van der Waals surface area contributed by atoms with Gasteiger partial charge in [-0.2, -0.15) is 13.2 Å². The molecule has 0 bridgehead atoms. The standard InChI is InChI=1S/C28H25Cl2F3N6O2/c1-27(2,3)26(41)36-12-14-5-9-18(29)21(22(14)30)25(40)37-16-7-8-17-19(11-16)38-23(39-24(17)34-4)15-6-10-20(35-13-15)28(31,32)33/h5-11,13H,12H2,1-4H3,(H,36,41)(H,37,40)(H,34,38,39). The fourth-order valence-electron chi connectivity index (χ4n) is 3.80. The maximum Gasteiger partial charge on any atom is 0.433 e. The summed E-state index contributed by atoms with van der Waals surface area (Å²) in [5.74, 6) is -0.194. The number of benzene rings is 2. The first-order valence-corrected chi connectivity index (χ1v) is 13.0. The summed E-state index contributed by atoms with van der Waals surface area (Å²) in [6.45, 7) is 5.44. The van der Waals surface area contributed by atoms with Gasteiger partial charge in [0.05, 0.1) is 21.1 Å². The molecule has 0 saturated carbocycles. The first-order valence-electron chi connectivity index (χ1n) is 12.3. The van der Waals surface area contributed by atoms with Crippen LogP contribution in [0.4, 0.5) is 24.7 Å². The second-order valence-electron chi connectivity index (χ2n) is 10.1. The van der Waals surface area contributed by atoms with Gasteiger partial charge in [0.1, 0.15) is 11.5 Å². The molecule has 0 saturated heterocycles. The zero-order valence-electron chi connectivity index (χ0n) is 22.4. The Balaban J connectivity index is 1.63. The third-order valence-corrected chi connectivity index (χ3v) is 6.77. The van der Waals surface area contributed by atoms with E-state index < -0.39 is 23.2 Å². The van der Waals surface area contributed by atoms with Crippen molar-refractivity contribution < 1.29 is 22.8 Å². The number of hydrogen-bond donors (Lipinski definition) is 3. The molecule has 0 fully saturated rings. The predicted molar refractivity (Wildman–Crippen MR) is 153 cm³/mol. The lowest BCUT2D eigenvalue weighted by Crippen LogP contribution is -2.34. The number of aromatic nitrogens is 3. The Labute approximate surface area is 243 Å². The number of rotatable bonds is 6. The summed E-state index contributed by atoms with van der Waals surface area (Å²) >= 11 is 12.9. The SMILES string of the molecule is CNc1nc(-c2ccc(C(F)(F)F)nc2)nc2cc(NC(=O)c3c(Cl)ccc(CNC(=O)C(C)(C)C)c3Cl)ccc12. The molecule has 8 nitrogen and oxygen atoms in total. The summed E-state index contributed by atoms with van der Waals surface area (Å²) < 4.78 is 38.8. The quantitative estimate of drug-likeness (QED) is 0.219. The van der Waals surface area contributed by atoms with E-state index in [-0.39, 0.29) is 39.4 Å². The first kappa shape index (κ1) is 30.0. The van der Waals surface area contributed by atoms with Crippen LogP contribution in [-0.2, 0) is 17.5 Å². The third kappa shape index (κ3) is 6.68. The lowest BCUT2D eigenvalue weighted by molar-refractivity contribution is -0.141. The van der Waals surface area contributed by atoms with Crippen molar-refractivity contribution in [2.24, 2.45) is 5.41 Å². The molecule has 0 atom stereocenters. The Morgan fingerprint density at radius 1 is 0.976 bits per heavy atom. The molecule has 4 aromatic rings. The van der Waals surface area contributed by atoms with Crippen molar-refractivity contribution in [1.82, 2.24) is 20.3 Å². The topological polar surface area (TPSA) is 109 Å². The van der Waals surface area contributed by atoms with Gasteiger partial charge in [0.15, 0.2) is 5.82 Å². The van der Waals surface area contributed by atoms with Crippen molar-refractivity contribution in [1.29, 1.82) is 0 Å². The highest BCUT2D eigenvalue weighted by Crippen LogP contribution is 2.32. The van der Waals surface area contributed by atoms with Crippen LogP contribution >= 0.6 is 23.2 Å². The molecule has 2 heterocycles. The Hall–Kier alpha value is -3.96. The molecule has 2 aromatic heterocycles.